The minimum atomic E-state index is -1.44. The first-order valence-electron chi connectivity index (χ1n) is 5.35. The summed E-state index contributed by atoms with van der Waals surface area (Å²) in [5, 5.41) is 18.2. The summed E-state index contributed by atoms with van der Waals surface area (Å²) in [6.07, 6.45) is 0.835. The highest BCUT2D eigenvalue weighted by Gasteiger charge is 2.14. The van der Waals surface area contributed by atoms with Crippen LogP contribution < -0.4 is 5.46 Å². The second-order valence-corrected chi connectivity index (χ2v) is 4.75. The van der Waals surface area contributed by atoms with Crippen LogP contribution >= 0.6 is 15.9 Å². The molecule has 0 unspecified atom stereocenters. The average Bonchev–Trinajstić information content (AvgIpc) is 2.30. The van der Waals surface area contributed by atoms with E-state index >= 15 is 0 Å². The van der Waals surface area contributed by atoms with Crippen molar-refractivity contribution in [2.24, 2.45) is 0 Å². The van der Waals surface area contributed by atoms with Gasteiger partial charge in [-0.05, 0) is 29.1 Å². The Balaban J connectivity index is 2.21. The van der Waals surface area contributed by atoms with Gasteiger partial charge in [0.05, 0.1) is 0 Å². The Hall–Kier alpha value is -1.10. The van der Waals surface area contributed by atoms with Crippen LogP contribution in [-0.2, 0) is 6.42 Å². The molecule has 0 heterocycles. The van der Waals surface area contributed by atoms with Crippen molar-refractivity contribution < 1.29 is 10.0 Å². The van der Waals surface area contributed by atoms with Crippen molar-refractivity contribution in [3.63, 3.8) is 0 Å². The van der Waals surface area contributed by atoms with Crippen LogP contribution in [0.2, 0.25) is 0 Å². The van der Waals surface area contributed by atoms with Crippen LogP contribution in [0, 0.1) is 0 Å². The van der Waals surface area contributed by atoms with Crippen molar-refractivity contribution in [3.8, 4) is 0 Å². The van der Waals surface area contributed by atoms with Gasteiger partial charge >= 0.3 is 7.12 Å². The summed E-state index contributed by atoms with van der Waals surface area (Å²) >= 11 is 3.34. The summed E-state index contributed by atoms with van der Waals surface area (Å²) in [6, 6.07) is 15.7. The van der Waals surface area contributed by atoms with Crippen LogP contribution in [0.5, 0.6) is 0 Å². The van der Waals surface area contributed by atoms with E-state index in [9.17, 15) is 0 Å². The summed E-state index contributed by atoms with van der Waals surface area (Å²) in [5.74, 6) is 0. The fourth-order valence-electron chi connectivity index (χ4n) is 1.72. The molecule has 0 spiro atoms. The third kappa shape index (κ3) is 3.19. The third-order valence-electron chi connectivity index (χ3n) is 2.59. The zero-order chi connectivity index (χ0) is 12.3. The monoisotopic (exact) mass is 290 g/mol. The lowest BCUT2D eigenvalue weighted by Gasteiger charge is -2.06. The third-order valence-corrected chi connectivity index (χ3v) is 3.28. The molecule has 0 amide bonds. The minimum Gasteiger partial charge on any atom is -0.423 e. The quantitative estimate of drug-likeness (QED) is 0.845. The van der Waals surface area contributed by atoms with Crippen LogP contribution in [0.1, 0.15) is 11.1 Å². The first-order valence-corrected chi connectivity index (χ1v) is 6.14. The minimum absolute atomic E-state index is 0.488. The molecule has 86 valence electrons. The van der Waals surface area contributed by atoms with Gasteiger partial charge < -0.3 is 10.0 Å². The molecule has 2 nitrogen and oxygen atoms in total. The maximum absolute atomic E-state index is 9.11. The standard InChI is InChI=1S/C13H12BBrO2/c15-13-9-11(6-7-12(13)14(16)17)8-10-4-2-1-3-5-10/h1-7,9,16-17H,8H2. The predicted molar refractivity (Wildman–Crippen MR) is 73.2 cm³/mol. The van der Waals surface area contributed by atoms with Crippen molar-refractivity contribution in [1.82, 2.24) is 0 Å². The van der Waals surface area contributed by atoms with E-state index in [1.54, 1.807) is 6.07 Å². The van der Waals surface area contributed by atoms with Crippen LogP contribution in [0.15, 0.2) is 53.0 Å². The smallest absolute Gasteiger partial charge is 0.423 e. The highest BCUT2D eigenvalue weighted by Crippen LogP contribution is 2.14. The van der Waals surface area contributed by atoms with Crippen molar-refractivity contribution in [3.05, 3.63) is 64.1 Å². The molecule has 17 heavy (non-hydrogen) atoms. The van der Waals surface area contributed by atoms with Gasteiger partial charge in [-0.25, -0.2) is 0 Å². The maximum atomic E-state index is 9.11. The number of rotatable bonds is 3. The van der Waals surface area contributed by atoms with E-state index in [0.29, 0.717) is 5.46 Å². The second kappa shape index (κ2) is 5.49. The van der Waals surface area contributed by atoms with Crippen molar-refractivity contribution in [2.75, 3.05) is 0 Å². The Morgan fingerprint density at radius 3 is 2.24 bits per heavy atom. The maximum Gasteiger partial charge on any atom is 0.489 e. The molecule has 2 aromatic carbocycles. The lowest BCUT2D eigenvalue weighted by atomic mass is 9.80. The molecular weight excluding hydrogens is 279 g/mol. The van der Waals surface area contributed by atoms with Gasteiger partial charge in [-0.1, -0.05) is 58.4 Å². The number of hydrogen-bond donors (Lipinski definition) is 2. The summed E-state index contributed by atoms with van der Waals surface area (Å²) in [7, 11) is -1.44. The van der Waals surface area contributed by atoms with E-state index in [1.165, 1.54) is 5.56 Å². The lowest BCUT2D eigenvalue weighted by molar-refractivity contribution is 0.425. The first kappa shape index (κ1) is 12.4. The molecule has 4 heteroatoms. The van der Waals surface area contributed by atoms with Crippen LogP contribution in [0.25, 0.3) is 0 Å². The Labute approximate surface area is 109 Å². The molecule has 0 aliphatic carbocycles. The van der Waals surface area contributed by atoms with Crippen molar-refractivity contribution in [2.45, 2.75) is 6.42 Å². The summed E-state index contributed by atoms with van der Waals surface area (Å²) < 4.78 is 0.723. The predicted octanol–water partition coefficient (Wildman–Crippen LogP) is 1.72. The summed E-state index contributed by atoms with van der Waals surface area (Å²) in [4.78, 5) is 0. The molecule has 0 bridgehead atoms. The van der Waals surface area contributed by atoms with Gasteiger partial charge in [-0.15, -0.1) is 0 Å². The van der Waals surface area contributed by atoms with E-state index in [4.69, 9.17) is 10.0 Å². The van der Waals surface area contributed by atoms with Crippen LogP contribution in [0.3, 0.4) is 0 Å². The summed E-state index contributed by atoms with van der Waals surface area (Å²) in [5.41, 5.74) is 2.85. The van der Waals surface area contributed by atoms with E-state index < -0.39 is 7.12 Å². The largest absolute Gasteiger partial charge is 0.489 e. The number of hydrogen-bond acceptors (Lipinski definition) is 2. The molecule has 0 aromatic heterocycles. The topological polar surface area (TPSA) is 40.5 Å². The molecule has 0 saturated heterocycles. The SMILES string of the molecule is OB(O)c1ccc(Cc2ccccc2)cc1Br. The first-order chi connectivity index (χ1) is 8.16. The molecular formula is C13H12BBrO2. The molecule has 2 N–H and O–H groups in total. The van der Waals surface area contributed by atoms with Crippen LogP contribution in [-0.4, -0.2) is 17.2 Å². The molecule has 2 rings (SSSR count). The van der Waals surface area contributed by atoms with Crippen molar-refractivity contribution in [1.29, 1.82) is 0 Å². The van der Waals surface area contributed by atoms with Gasteiger partial charge in [0.1, 0.15) is 0 Å². The highest BCUT2D eigenvalue weighted by molar-refractivity contribution is 9.10. The molecule has 0 aliphatic rings. The Bertz CT molecular complexity index is 500. The molecule has 2 aromatic rings. The Morgan fingerprint density at radius 2 is 1.65 bits per heavy atom. The lowest BCUT2D eigenvalue weighted by Crippen LogP contribution is -2.30. The van der Waals surface area contributed by atoms with Gasteiger partial charge in [0.25, 0.3) is 0 Å². The molecule has 0 fully saturated rings. The zero-order valence-corrected chi connectivity index (χ0v) is 10.8. The van der Waals surface area contributed by atoms with E-state index in [-0.39, 0.29) is 0 Å². The number of benzene rings is 2. The van der Waals surface area contributed by atoms with Gasteiger partial charge in [0.15, 0.2) is 0 Å². The van der Waals surface area contributed by atoms with E-state index in [1.807, 2.05) is 30.3 Å². The van der Waals surface area contributed by atoms with Gasteiger partial charge in [-0.2, -0.15) is 0 Å². The van der Waals surface area contributed by atoms with E-state index in [0.717, 1.165) is 16.5 Å². The van der Waals surface area contributed by atoms with E-state index in [2.05, 4.69) is 28.1 Å². The molecule has 0 radical (unpaired) electrons. The van der Waals surface area contributed by atoms with Gasteiger partial charge in [0.2, 0.25) is 0 Å². The van der Waals surface area contributed by atoms with Gasteiger partial charge in [0, 0.05) is 4.47 Å². The average molecular weight is 291 g/mol. The summed E-state index contributed by atoms with van der Waals surface area (Å²) in [6.45, 7) is 0. The fraction of sp³-hybridized carbons (Fsp3) is 0.0769. The normalized spacial score (nSPS) is 10.3. The Morgan fingerprint density at radius 1 is 0.941 bits per heavy atom. The molecule has 0 atom stereocenters. The van der Waals surface area contributed by atoms with Gasteiger partial charge in [-0.3, -0.25) is 0 Å². The Kier molecular flexibility index (Phi) is 4.00. The number of halogens is 1. The fourth-order valence-corrected chi connectivity index (χ4v) is 2.35. The zero-order valence-electron chi connectivity index (χ0n) is 9.18. The molecule has 0 aliphatic heterocycles. The van der Waals surface area contributed by atoms with Crippen LogP contribution in [0.4, 0.5) is 0 Å². The highest BCUT2D eigenvalue weighted by atomic mass is 79.9. The second-order valence-electron chi connectivity index (χ2n) is 3.89. The molecule has 0 saturated carbocycles. The van der Waals surface area contributed by atoms with Crippen molar-refractivity contribution >= 4 is 28.5 Å².